The second kappa shape index (κ2) is 7.28. The Balaban J connectivity index is 3.44. The lowest BCUT2D eigenvalue weighted by Gasteiger charge is -2.24. The van der Waals surface area contributed by atoms with Gasteiger partial charge in [-0.2, -0.15) is 0 Å². The highest BCUT2D eigenvalue weighted by Gasteiger charge is 2.15. The van der Waals surface area contributed by atoms with Crippen LogP contribution in [0.4, 0.5) is 0 Å². The van der Waals surface area contributed by atoms with E-state index in [0.717, 1.165) is 12.5 Å². The molecule has 0 bridgehead atoms. The highest BCUT2D eigenvalue weighted by atomic mass is 14.8. The molecule has 1 heteroatoms. The maximum absolute atomic E-state index is 3.52. The van der Waals surface area contributed by atoms with Crippen LogP contribution in [0.15, 0.2) is 0 Å². The average Bonchev–Trinajstić information content (AvgIpc) is 2.09. The molecule has 0 amide bonds. The molecule has 0 heterocycles. The lowest BCUT2D eigenvalue weighted by Crippen LogP contribution is -2.25. The van der Waals surface area contributed by atoms with Gasteiger partial charge in [0.1, 0.15) is 0 Å². The fourth-order valence-electron chi connectivity index (χ4n) is 1.60. The molecule has 0 aliphatic carbocycles. The number of rotatable bonds is 8. The van der Waals surface area contributed by atoms with Crippen LogP contribution in [0.2, 0.25) is 0 Å². The number of unbranched alkanes of at least 4 members (excludes halogenated alkanes) is 1. The van der Waals surface area contributed by atoms with Crippen LogP contribution in [-0.4, -0.2) is 13.1 Å². The number of hydrogen-bond donors (Lipinski definition) is 1. The van der Waals surface area contributed by atoms with Crippen LogP contribution in [0.25, 0.3) is 0 Å². The van der Waals surface area contributed by atoms with Crippen LogP contribution in [0.5, 0.6) is 0 Å². The Labute approximate surface area is 90.7 Å². The Kier molecular flexibility index (Phi) is 7.26. The van der Waals surface area contributed by atoms with Gasteiger partial charge in [0, 0.05) is 0 Å². The van der Waals surface area contributed by atoms with Crippen molar-refractivity contribution in [3.05, 3.63) is 0 Å². The van der Waals surface area contributed by atoms with Gasteiger partial charge in [-0.1, -0.05) is 47.5 Å². The van der Waals surface area contributed by atoms with E-state index in [2.05, 4.69) is 39.9 Å². The van der Waals surface area contributed by atoms with Crippen LogP contribution in [0, 0.1) is 11.3 Å². The van der Waals surface area contributed by atoms with Gasteiger partial charge in [0.15, 0.2) is 0 Å². The van der Waals surface area contributed by atoms with Gasteiger partial charge in [0.2, 0.25) is 0 Å². The molecule has 0 saturated heterocycles. The highest BCUT2D eigenvalue weighted by Crippen LogP contribution is 2.26. The number of nitrogens with one attached hydrogen (secondary N) is 1. The first-order chi connectivity index (χ1) is 6.48. The Morgan fingerprint density at radius 1 is 1.14 bits per heavy atom. The SMILES string of the molecule is CCCCC(C)(C)CCNCC(C)C. The molecule has 0 spiro atoms. The largest absolute Gasteiger partial charge is 0.316 e. The second-order valence-electron chi connectivity index (χ2n) is 5.62. The van der Waals surface area contributed by atoms with Gasteiger partial charge < -0.3 is 5.32 Å². The summed E-state index contributed by atoms with van der Waals surface area (Å²) in [4.78, 5) is 0. The van der Waals surface area contributed by atoms with Gasteiger partial charge in [0.25, 0.3) is 0 Å². The van der Waals surface area contributed by atoms with E-state index in [9.17, 15) is 0 Å². The van der Waals surface area contributed by atoms with Gasteiger partial charge in [-0.15, -0.1) is 0 Å². The molecule has 86 valence electrons. The summed E-state index contributed by atoms with van der Waals surface area (Å²) in [6, 6.07) is 0. The van der Waals surface area contributed by atoms with E-state index in [-0.39, 0.29) is 0 Å². The molecule has 1 N–H and O–H groups in total. The van der Waals surface area contributed by atoms with Crippen LogP contribution < -0.4 is 5.32 Å². The van der Waals surface area contributed by atoms with E-state index in [1.807, 2.05) is 0 Å². The van der Waals surface area contributed by atoms with Gasteiger partial charge in [-0.3, -0.25) is 0 Å². The third-order valence-electron chi connectivity index (χ3n) is 2.74. The van der Waals surface area contributed by atoms with Crippen LogP contribution in [-0.2, 0) is 0 Å². The summed E-state index contributed by atoms with van der Waals surface area (Å²) in [5.41, 5.74) is 0.528. The van der Waals surface area contributed by atoms with Crippen molar-refractivity contribution in [2.45, 2.75) is 60.3 Å². The van der Waals surface area contributed by atoms with E-state index in [0.29, 0.717) is 5.41 Å². The molecule has 0 atom stereocenters. The molecule has 0 unspecified atom stereocenters. The smallest absolute Gasteiger partial charge is 0.00258 e. The van der Waals surface area contributed by atoms with Crippen LogP contribution >= 0.6 is 0 Å². The van der Waals surface area contributed by atoms with Crippen molar-refractivity contribution in [3.63, 3.8) is 0 Å². The van der Waals surface area contributed by atoms with E-state index in [1.54, 1.807) is 0 Å². The van der Waals surface area contributed by atoms with Gasteiger partial charge >= 0.3 is 0 Å². The van der Waals surface area contributed by atoms with Crippen molar-refractivity contribution in [3.8, 4) is 0 Å². The normalized spacial score (nSPS) is 12.4. The van der Waals surface area contributed by atoms with Crippen molar-refractivity contribution in [1.82, 2.24) is 5.32 Å². The first-order valence-corrected chi connectivity index (χ1v) is 6.18. The summed E-state index contributed by atoms with van der Waals surface area (Å²) in [6.45, 7) is 13.9. The Bertz CT molecular complexity index is 127. The standard InChI is InChI=1S/C13H29N/c1-6-7-8-13(4,5)9-10-14-11-12(2)3/h12,14H,6-11H2,1-5H3. The average molecular weight is 199 g/mol. The zero-order valence-corrected chi connectivity index (χ0v) is 10.8. The lowest BCUT2D eigenvalue weighted by molar-refractivity contribution is 0.291. The quantitative estimate of drug-likeness (QED) is 0.586. The van der Waals surface area contributed by atoms with Gasteiger partial charge in [0.05, 0.1) is 0 Å². The zero-order valence-electron chi connectivity index (χ0n) is 10.8. The van der Waals surface area contributed by atoms with E-state index in [1.165, 1.54) is 32.2 Å². The lowest BCUT2D eigenvalue weighted by atomic mass is 9.84. The first kappa shape index (κ1) is 14.0. The molecule has 0 aromatic rings. The molecular weight excluding hydrogens is 170 g/mol. The second-order valence-corrected chi connectivity index (χ2v) is 5.62. The van der Waals surface area contributed by atoms with Crippen molar-refractivity contribution in [2.75, 3.05) is 13.1 Å². The monoisotopic (exact) mass is 199 g/mol. The summed E-state index contributed by atoms with van der Waals surface area (Å²) in [5, 5.41) is 3.52. The summed E-state index contributed by atoms with van der Waals surface area (Å²) in [5.74, 6) is 0.772. The zero-order chi connectivity index (χ0) is 11.0. The minimum atomic E-state index is 0.528. The molecule has 0 aliphatic rings. The van der Waals surface area contributed by atoms with E-state index < -0.39 is 0 Å². The summed E-state index contributed by atoms with van der Waals surface area (Å²) in [6.07, 6.45) is 5.37. The van der Waals surface area contributed by atoms with E-state index in [4.69, 9.17) is 0 Å². The van der Waals surface area contributed by atoms with Gasteiger partial charge in [-0.25, -0.2) is 0 Å². The molecule has 1 nitrogen and oxygen atoms in total. The summed E-state index contributed by atoms with van der Waals surface area (Å²) < 4.78 is 0. The molecular formula is C13H29N. The van der Waals surface area contributed by atoms with Crippen LogP contribution in [0.1, 0.15) is 60.3 Å². The minimum absolute atomic E-state index is 0.528. The number of hydrogen-bond acceptors (Lipinski definition) is 1. The first-order valence-electron chi connectivity index (χ1n) is 6.18. The fourth-order valence-corrected chi connectivity index (χ4v) is 1.60. The highest BCUT2D eigenvalue weighted by molar-refractivity contribution is 4.69. The van der Waals surface area contributed by atoms with Crippen molar-refractivity contribution in [1.29, 1.82) is 0 Å². The molecule has 0 aromatic heterocycles. The fraction of sp³-hybridized carbons (Fsp3) is 1.00. The molecule has 0 rings (SSSR count). The topological polar surface area (TPSA) is 12.0 Å². The molecule has 0 fully saturated rings. The van der Waals surface area contributed by atoms with Crippen molar-refractivity contribution < 1.29 is 0 Å². The Hall–Kier alpha value is -0.0400. The van der Waals surface area contributed by atoms with E-state index >= 15 is 0 Å². The Morgan fingerprint density at radius 2 is 1.79 bits per heavy atom. The predicted molar refractivity (Wildman–Crippen MR) is 65.6 cm³/mol. The van der Waals surface area contributed by atoms with Crippen molar-refractivity contribution >= 4 is 0 Å². The molecule has 0 radical (unpaired) electrons. The van der Waals surface area contributed by atoms with Crippen LogP contribution in [0.3, 0.4) is 0 Å². The molecule has 14 heavy (non-hydrogen) atoms. The maximum atomic E-state index is 3.52. The third kappa shape index (κ3) is 8.55. The van der Waals surface area contributed by atoms with Gasteiger partial charge in [-0.05, 0) is 37.3 Å². The molecule has 0 aromatic carbocycles. The maximum Gasteiger partial charge on any atom is -0.00258 e. The minimum Gasteiger partial charge on any atom is -0.316 e. The predicted octanol–water partition coefficient (Wildman–Crippen LogP) is 3.84. The third-order valence-corrected chi connectivity index (χ3v) is 2.74. The summed E-state index contributed by atoms with van der Waals surface area (Å²) in [7, 11) is 0. The summed E-state index contributed by atoms with van der Waals surface area (Å²) >= 11 is 0. The Morgan fingerprint density at radius 3 is 2.29 bits per heavy atom. The molecule has 0 saturated carbocycles. The molecule has 0 aliphatic heterocycles. The van der Waals surface area contributed by atoms with Crippen molar-refractivity contribution in [2.24, 2.45) is 11.3 Å².